The molecule has 100 valence electrons. The van der Waals surface area contributed by atoms with Gasteiger partial charge in [0.2, 0.25) is 0 Å². The number of anilines is 2. The van der Waals surface area contributed by atoms with Crippen LogP contribution in [0.5, 0.6) is 0 Å². The molecule has 4 heteroatoms. The molecule has 0 bridgehead atoms. The maximum Gasteiger partial charge on any atom is 0.251 e. The molecule has 1 aromatic heterocycles. The van der Waals surface area contributed by atoms with E-state index in [2.05, 4.69) is 21.3 Å². The second kappa shape index (κ2) is 4.07. The van der Waals surface area contributed by atoms with E-state index in [-0.39, 0.29) is 11.9 Å². The van der Waals surface area contributed by atoms with Crippen LogP contribution < -0.4 is 10.2 Å². The molecule has 0 radical (unpaired) electrons. The first kappa shape index (κ1) is 11.5. The van der Waals surface area contributed by atoms with Crippen molar-refractivity contribution in [1.29, 1.82) is 0 Å². The Morgan fingerprint density at radius 2 is 2.20 bits per heavy atom. The third-order valence-corrected chi connectivity index (χ3v) is 4.07. The topological polar surface area (TPSA) is 45.2 Å². The summed E-state index contributed by atoms with van der Waals surface area (Å²) in [5.74, 6) is 0.923. The van der Waals surface area contributed by atoms with Crippen molar-refractivity contribution in [1.82, 2.24) is 4.98 Å². The monoisotopic (exact) mass is 265 g/mol. The fraction of sp³-hybridized carbons (Fsp3) is 0.250. The van der Waals surface area contributed by atoms with E-state index >= 15 is 0 Å². The number of fused-ring (bicyclic) bond motifs is 5. The number of nitrogens with one attached hydrogen (secondary N) is 1. The Morgan fingerprint density at radius 1 is 1.35 bits per heavy atom. The first-order valence-electron chi connectivity index (χ1n) is 6.86. The van der Waals surface area contributed by atoms with Gasteiger partial charge in [-0.3, -0.25) is 4.79 Å². The van der Waals surface area contributed by atoms with E-state index in [0.717, 1.165) is 35.6 Å². The highest BCUT2D eigenvalue weighted by Gasteiger charge is 2.38. The third kappa shape index (κ3) is 1.54. The summed E-state index contributed by atoms with van der Waals surface area (Å²) in [5, 5.41) is 3.00. The number of carbonyl (C=O) groups excluding carboxylic acids is 1. The van der Waals surface area contributed by atoms with Gasteiger partial charge in [-0.05, 0) is 36.1 Å². The van der Waals surface area contributed by atoms with Crippen LogP contribution >= 0.6 is 0 Å². The average Bonchev–Trinajstić information content (AvgIpc) is 2.46. The van der Waals surface area contributed by atoms with Crippen LogP contribution in [-0.4, -0.2) is 17.4 Å². The highest BCUT2D eigenvalue weighted by atomic mass is 16.2. The maximum atomic E-state index is 12.5. The van der Waals surface area contributed by atoms with Gasteiger partial charge in [-0.2, -0.15) is 0 Å². The molecule has 2 aliphatic heterocycles. The summed E-state index contributed by atoms with van der Waals surface area (Å²) >= 11 is 0. The molecule has 4 rings (SSSR count). The van der Waals surface area contributed by atoms with Gasteiger partial charge >= 0.3 is 0 Å². The molecular weight excluding hydrogens is 250 g/mol. The lowest BCUT2D eigenvalue weighted by atomic mass is 9.90. The normalized spacial score (nSPS) is 19.8. The molecule has 20 heavy (non-hydrogen) atoms. The van der Waals surface area contributed by atoms with Crippen LogP contribution in [-0.2, 0) is 11.2 Å². The summed E-state index contributed by atoms with van der Waals surface area (Å²) < 4.78 is 0. The van der Waals surface area contributed by atoms with Gasteiger partial charge in [0.1, 0.15) is 6.04 Å². The number of benzene rings is 1. The summed E-state index contributed by atoms with van der Waals surface area (Å²) in [7, 11) is 0. The molecular formula is C16H15N3O. The van der Waals surface area contributed by atoms with Gasteiger partial charge in [0, 0.05) is 12.7 Å². The van der Waals surface area contributed by atoms with Gasteiger partial charge in [0.25, 0.3) is 5.91 Å². The molecule has 0 spiro atoms. The van der Waals surface area contributed by atoms with Crippen molar-refractivity contribution < 1.29 is 4.79 Å². The van der Waals surface area contributed by atoms with Gasteiger partial charge in [0.15, 0.2) is 5.82 Å². The molecule has 1 N–H and O–H groups in total. The molecule has 1 aromatic carbocycles. The van der Waals surface area contributed by atoms with Crippen LogP contribution in [0.2, 0.25) is 0 Å². The molecule has 2 aliphatic rings. The second-order valence-electron chi connectivity index (χ2n) is 5.42. The number of hydrogen-bond acceptors (Lipinski definition) is 3. The summed E-state index contributed by atoms with van der Waals surface area (Å²) in [6.07, 6.45) is 2.81. The molecule has 0 aliphatic carbocycles. The first-order valence-corrected chi connectivity index (χ1v) is 6.86. The van der Waals surface area contributed by atoms with Crippen LogP contribution in [0, 0.1) is 6.92 Å². The van der Waals surface area contributed by atoms with Gasteiger partial charge in [-0.1, -0.05) is 24.3 Å². The average molecular weight is 265 g/mol. The van der Waals surface area contributed by atoms with E-state index in [1.54, 1.807) is 0 Å². The number of rotatable bonds is 0. The number of aryl methyl sites for hydroxylation is 1. The predicted octanol–water partition coefficient (Wildman–Crippen LogP) is 2.45. The molecule has 4 nitrogen and oxygen atoms in total. The van der Waals surface area contributed by atoms with Crippen LogP contribution in [0.1, 0.15) is 22.7 Å². The maximum absolute atomic E-state index is 12.5. The van der Waals surface area contributed by atoms with Crippen LogP contribution in [0.25, 0.3) is 0 Å². The molecule has 1 amide bonds. The highest BCUT2D eigenvalue weighted by Crippen LogP contribution is 2.40. The van der Waals surface area contributed by atoms with Crippen molar-refractivity contribution >= 4 is 17.4 Å². The quantitative estimate of drug-likeness (QED) is 0.795. The van der Waals surface area contributed by atoms with E-state index in [1.165, 1.54) is 5.56 Å². The zero-order valence-corrected chi connectivity index (χ0v) is 11.3. The summed E-state index contributed by atoms with van der Waals surface area (Å²) in [6.45, 7) is 2.81. The second-order valence-corrected chi connectivity index (χ2v) is 5.42. The van der Waals surface area contributed by atoms with Crippen molar-refractivity contribution in [2.45, 2.75) is 19.4 Å². The number of amides is 1. The van der Waals surface area contributed by atoms with Crippen molar-refractivity contribution in [3.05, 3.63) is 53.2 Å². The minimum absolute atomic E-state index is 0.0389. The minimum Gasteiger partial charge on any atom is -0.339 e. The predicted molar refractivity (Wildman–Crippen MR) is 77.8 cm³/mol. The van der Waals surface area contributed by atoms with Gasteiger partial charge in [-0.15, -0.1) is 0 Å². The molecule has 1 atom stereocenters. The van der Waals surface area contributed by atoms with Crippen LogP contribution in [0.3, 0.4) is 0 Å². The third-order valence-electron chi connectivity index (χ3n) is 4.07. The Morgan fingerprint density at radius 3 is 3.10 bits per heavy atom. The lowest BCUT2D eigenvalue weighted by Gasteiger charge is -2.41. The molecule has 1 unspecified atom stereocenters. The lowest BCUT2D eigenvalue weighted by molar-refractivity contribution is -0.118. The van der Waals surface area contributed by atoms with Gasteiger partial charge in [0.05, 0.1) is 5.69 Å². The van der Waals surface area contributed by atoms with Crippen molar-refractivity contribution in [3.8, 4) is 0 Å². The van der Waals surface area contributed by atoms with Crippen molar-refractivity contribution in [2.24, 2.45) is 0 Å². The first-order chi connectivity index (χ1) is 9.74. The summed E-state index contributed by atoms with van der Waals surface area (Å²) in [6, 6.07) is 9.92. The largest absolute Gasteiger partial charge is 0.339 e. The Hall–Kier alpha value is -2.36. The SMILES string of the molecule is Cc1cnc2c(c1)NC(=O)C1c3ccccc3CCN21. The van der Waals surface area contributed by atoms with E-state index in [1.807, 2.05) is 37.4 Å². The van der Waals surface area contributed by atoms with E-state index < -0.39 is 0 Å². The number of hydrogen-bond donors (Lipinski definition) is 1. The van der Waals surface area contributed by atoms with E-state index in [9.17, 15) is 4.79 Å². The number of pyridine rings is 1. The Balaban J connectivity index is 1.87. The smallest absolute Gasteiger partial charge is 0.251 e. The molecule has 0 fully saturated rings. The molecule has 0 saturated carbocycles. The molecule has 0 saturated heterocycles. The summed E-state index contributed by atoms with van der Waals surface area (Å²) in [4.78, 5) is 19.1. The van der Waals surface area contributed by atoms with E-state index in [4.69, 9.17) is 0 Å². The van der Waals surface area contributed by atoms with Crippen LogP contribution in [0.15, 0.2) is 36.5 Å². The highest BCUT2D eigenvalue weighted by molar-refractivity contribution is 6.03. The number of nitrogens with zero attached hydrogens (tertiary/aromatic N) is 2. The standard InChI is InChI=1S/C16H15N3O/c1-10-8-13-15(17-9-10)19-7-6-11-4-2-3-5-12(11)14(19)16(20)18-13/h2-5,8-9,14H,6-7H2,1H3,(H,18,20). The number of carbonyl (C=O) groups is 1. The fourth-order valence-electron chi connectivity index (χ4n) is 3.16. The Bertz CT molecular complexity index is 711. The van der Waals surface area contributed by atoms with Gasteiger partial charge in [-0.25, -0.2) is 4.98 Å². The van der Waals surface area contributed by atoms with E-state index in [0.29, 0.717) is 0 Å². The Kier molecular flexibility index (Phi) is 2.33. The van der Waals surface area contributed by atoms with Gasteiger partial charge < -0.3 is 10.2 Å². The van der Waals surface area contributed by atoms with Crippen LogP contribution in [0.4, 0.5) is 11.5 Å². The zero-order chi connectivity index (χ0) is 13.7. The molecule has 3 heterocycles. The molecule has 2 aromatic rings. The Labute approximate surface area is 117 Å². The zero-order valence-electron chi connectivity index (χ0n) is 11.3. The lowest BCUT2D eigenvalue weighted by Crippen LogP contribution is -2.46. The minimum atomic E-state index is -0.248. The summed E-state index contributed by atoms with van der Waals surface area (Å²) in [5.41, 5.74) is 4.24. The van der Waals surface area contributed by atoms with Crippen molar-refractivity contribution in [3.63, 3.8) is 0 Å². The van der Waals surface area contributed by atoms with Crippen molar-refractivity contribution in [2.75, 3.05) is 16.8 Å². The fourth-order valence-corrected chi connectivity index (χ4v) is 3.16. The number of aromatic nitrogens is 1.